The van der Waals surface area contributed by atoms with Crippen molar-refractivity contribution in [3.63, 3.8) is 0 Å². The molecular formula is C23H38IN7O. The quantitative estimate of drug-likeness (QED) is 0.318. The number of guanidine groups is 1. The number of nitrogens with one attached hydrogen (secondary N) is 2. The topological polar surface area (TPSA) is 76.1 Å². The molecule has 1 aromatic rings. The van der Waals surface area contributed by atoms with E-state index in [1.54, 1.807) is 0 Å². The summed E-state index contributed by atoms with van der Waals surface area (Å²) in [4.78, 5) is 28.1. The first-order chi connectivity index (χ1) is 15.2. The van der Waals surface area contributed by atoms with Gasteiger partial charge in [-0.05, 0) is 43.4 Å². The molecule has 4 rings (SSSR count). The molecule has 3 fully saturated rings. The van der Waals surface area contributed by atoms with Crippen LogP contribution in [0.1, 0.15) is 44.1 Å². The summed E-state index contributed by atoms with van der Waals surface area (Å²) in [6.07, 6.45) is 9.36. The van der Waals surface area contributed by atoms with Crippen molar-refractivity contribution in [2.24, 2.45) is 4.99 Å². The van der Waals surface area contributed by atoms with Gasteiger partial charge in [-0.3, -0.25) is 14.7 Å². The Balaban J connectivity index is 0.00000289. The lowest BCUT2D eigenvalue weighted by Gasteiger charge is -2.36. The number of carbonyl (C=O) groups is 1. The van der Waals surface area contributed by atoms with Gasteiger partial charge in [-0.25, -0.2) is 4.98 Å². The zero-order valence-corrected chi connectivity index (χ0v) is 21.6. The van der Waals surface area contributed by atoms with Gasteiger partial charge < -0.3 is 20.4 Å². The van der Waals surface area contributed by atoms with Crippen molar-refractivity contribution in [3.8, 4) is 0 Å². The van der Waals surface area contributed by atoms with Gasteiger partial charge in [0.25, 0.3) is 0 Å². The minimum absolute atomic E-state index is 0. The van der Waals surface area contributed by atoms with Crippen molar-refractivity contribution < 1.29 is 4.79 Å². The molecule has 8 nitrogen and oxygen atoms in total. The molecule has 1 aliphatic carbocycles. The Kier molecular flexibility index (Phi) is 9.83. The second-order valence-corrected chi connectivity index (χ2v) is 8.93. The highest BCUT2D eigenvalue weighted by Crippen LogP contribution is 2.19. The van der Waals surface area contributed by atoms with Crippen molar-refractivity contribution >= 4 is 41.7 Å². The number of aliphatic imine (C=N–C) groups is 1. The number of amides is 1. The van der Waals surface area contributed by atoms with Crippen LogP contribution in [-0.2, 0) is 11.3 Å². The van der Waals surface area contributed by atoms with E-state index in [9.17, 15) is 4.79 Å². The molecule has 0 bridgehead atoms. The highest BCUT2D eigenvalue weighted by atomic mass is 127. The fourth-order valence-corrected chi connectivity index (χ4v) is 4.38. The summed E-state index contributed by atoms with van der Waals surface area (Å²) in [6, 6.07) is 4.73. The number of pyridine rings is 1. The molecule has 0 spiro atoms. The van der Waals surface area contributed by atoms with Crippen LogP contribution in [0.2, 0.25) is 0 Å². The molecule has 1 aromatic heterocycles. The zero-order valence-electron chi connectivity index (χ0n) is 19.3. The van der Waals surface area contributed by atoms with Gasteiger partial charge in [0.2, 0.25) is 5.91 Å². The van der Waals surface area contributed by atoms with Gasteiger partial charge in [0, 0.05) is 65.1 Å². The summed E-state index contributed by atoms with van der Waals surface area (Å²) in [5.74, 6) is 2.18. The summed E-state index contributed by atoms with van der Waals surface area (Å²) in [7, 11) is 1.84. The van der Waals surface area contributed by atoms with Crippen LogP contribution >= 0.6 is 24.0 Å². The van der Waals surface area contributed by atoms with E-state index >= 15 is 0 Å². The van der Waals surface area contributed by atoms with Crippen molar-refractivity contribution in [2.45, 2.75) is 51.1 Å². The van der Waals surface area contributed by atoms with Gasteiger partial charge >= 0.3 is 0 Å². The van der Waals surface area contributed by atoms with Gasteiger partial charge in [0.15, 0.2) is 5.96 Å². The van der Waals surface area contributed by atoms with Gasteiger partial charge in [-0.2, -0.15) is 0 Å². The summed E-state index contributed by atoms with van der Waals surface area (Å²) in [5, 5.41) is 6.60. The number of piperazine rings is 1. The number of carbonyl (C=O) groups excluding carboxylic acids is 1. The zero-order chi connectivity index (χ0) is 21.5. The molecule has 2 aliphatic heterocycles. The average molecular weight is 556 g/mol. The standard InChI is InChI=1S/C23H37N7O.HI/c1-24-23(30-14-12-28(13-15-30)18-22(31)27-20-6-7-20)26-17-19-8-9-25-21(16-19)29-10-4-2-3-5-11-29;/h8-9,16,20H,2-7,10-15,17-18H2,1H3,(H,24,26)(H,27,31);1H. The maximum absolute atomic E-state index is 12.0. The molecule has 32 heavy (non-hydrogen) atoms. The van der Waals surface area contributed by atoms with E-state index < -0.39 is 0 Å². The number of aromatic nitrogens is 1. The lowest BCUT2D eigenvalue weighted by molar-refractivity contribution is -0.122. The van der Waals surface area contributed by atoms with Crippen LogP contribution < -0.4 is 15.5 Å². The minimum atomic E-state index is 0. The molecule has 1 amide bonds. The molecule has 0 aromatic carbocycles. The van der Waals surface area contributed by atoms with E-state index in [2.05, 4.69) is 47.4 Å². The summed E-state index contributed by atoms with van der Waals surface area (Å²) in [6.45, 7) is 6.98. The van der Waals surface area contributed by atoms with Gasteiger partial charge in [0.1, 0.15) is 5.82 Å². The Hall–Kier alpha value is -1.62. The van der Waals surface area contributed by atoms with Crippen LogP contribution in [0.5, 0.6) is 0 Å². The van der Waals surface area contributed by atoms with Crippen molar-refractivity contribution in [1.29, 1.82) is 0 Å². The number of rotatable bonds is 6. The fourth-order valence-electron chi connectivity index (χ4n) is 4.38. The van der Waals surface area contributed by atoms with Crippen molar-refractivity contribution in [2.75, 3.05) is 57.8 Å². The third-order valence-corrected chi connectivity index (χ3v) is 6.38. The lowest BCUT2D eigenvalue weighted by Crippen LogP contribution is -2.54. The summed E-state index contributed by atoms with van der Waals surface area (Å²) >= 11 is 0. The molecule has 2 saturated heterocycles. The lowest BCUT2D eigenvalue weighted by atomic mass is 10.2. The number of hydrogen-bond donors (Lipinski definition) is 2. The Morgan fingerprint density at radius 2 is 1.81 bits per heavy atom. The maximum atomic E-state index is 12.0. The molecule has 1 saturated carbocycles. The van der Waals surface area contributed by atoms with Crippen LogP contribution in [0, 0.1) is 0 Å². The minimum Gasteiger partial charge on any atom is -0.357 e. The van der Waals surface area contributed by atoms with E-state index in [-0.39, 0.29) is 29.9 Å². The smallest absolute Gasteiger partial charge is 0.234 e. The number of hydrogen-bond acceptors (Lipinski definition) is 5. The monoisotopic (exact) mass is 555 g/mol. The highest BCUT2D eigenvalue weighted by Gasteiger charge is 2.26. The van der Waals surface area contributed by atoms with Crippen LogP contribution in [0.3, 0.4) is 0 Å². The highest BCUT2D eigenvalue weighted by molar-refractivity contribution is 14.0. The second kappa shape index (κ2) is 12.6. The van der Waals surface area contributed by atoms with Crippen molar-refractivity contribution in [1.82, 2.24) is 25.4 Å². The Bertz CT molecular complexity index is 754. The first kappa shape index (κ1) is 25.0. The Morgan fingerprint density at radius 3 is 2.47 bits per heavy atom. The first-order valence-corrected chi connectivity index (χ1v) is 11.9. The molecule has 2 N–H and O–H groups in total. The molecule has 0 atom stereocenters. The molecule has 3 aliphatic rings. The third kappa shape index (κ3) is 7.47. The average Bonchev–Trinajstić information content (AvgIpc) is 3.62. The molecular weight excluding hydrogens is 517 g/mol. The number of nitrogens with zero attached hydrogens (tertiary/aromatic N) is 5. The molecule has 9 heteroatoms. The van der Waals surface area contributed by atoms with E-state index in [0.29, 0.717) is 12.6 Å². The summed E-state index contributed by atoms with van der Waals surface area (Å²) < 4.78 is 0. The molecule has 178 valence electrons. The normalized spacial score (nSPS) is 20.3. The Labute approximate surface area is 209 Å². The predicted molar refractivity (Wildman–Crippen MR) is 140 cm³/mol. The van der Waals surface area contributed by atoms with E-state index in [4.69, 9.17) is 0 Å². The molecule has 3 heterocycles. The first-order valence-electron chi connectivity index (χ1n) is 11.9. The largest absolute Gasteiger partial charge is 0.357 e. The van der Waals surface area contributed by atoms with Gasteiger partial charge in [0.05, 0.1) is 6.54 Å². The van der Waals surface area contributed by atoms with Gasteiger partial charge in [-0.15, -0.1) is 24.0 Å². The third-order valence-electron chi connectivity index (χ3n) is 6.38. The second-order valence-electron chi connectivity index (χ2n) is 8.93. The maximum Gasteiger partial charge on any atom is 0.234 e. The van der Waals surface area contributed by atoms with Crippen LogP contribution in [0.15, 0.2) is 23.3 Å². The fraction of sp³-hybridized carbons (Fsp3) is 0.696. The predicted octanol–water partition coefficient (Wildman–Crippen LogP) is 2.05. The SMILES string of the molecule is CN=C(NCc1ccnc(N2CCCCCC2)c1)N1CCN(CC(=O)NC2CC2)CC1.I. The van der Waals surface area contributed by atoms with Crippen LogP contribution in [0.4, 0.5) is 5.82 Å². The number of anilines is 1. The van der Waals surface area contributed by atoms with Crippen molar-refractivity contribution in [3.05, 3.63) is 23.9 Å². The number of halogens is 1. The molecule has 0 unspecified atom stereocenters. The van der Waals surface area contributed by atoms with Crippen LogP contribution in [0.25, 0.3) is 0 Å². The van der Waals surface area contributed by atoms with Gasteiger partial charge in [-0.1, -0.05) is 12.8 Å². The Morgan fingerprint density at radius 1 is 1.09 bits per heavy atom. The van der Waals surface area contributed by atoms with E-state index in [0.717, 1.165) is 70.4 Å². The van der Waals surface area contributed by atoms with Crippen LogP contribution in [-0.4, -0.2) is 85.6 Å². The summed E-state index contributed by atoms with van der Waals surface area (Å²) in [5.41, 5.74) is 1.23. The van der Waals surface area contributed by atoms with E-state index in [1.807, 2.05) is 13.2 Å². The van der Waals surface area contributed by atoms with E-state index in [1.165, 1.54) is 31.2 Å². The molecule has 0 radical (unpaired) electrons.